The van der Waals surface area contributed by atoms with Crippen molar-refractivity contribution < 1.29 is 4.74 Å². The van der Waals surface area contributed by atoms with Crippen LogP contribution in [0.3, 0.4) is 0 Å². The summed E-state index contributed by atoms with van der Waals surface area (Å²) in [5.41, 5.74) is 3.15. The van der Waals surface area contributed by atoms with Gasteiger partial charge < -0.3 is 4.74 Å². The zero-order chi connectivity index (χ0) is 19.7. The molecule has 0 saturated heterocycles. The van der Waals surface area contributed by atoms with Crippen LogP contribution in [0.2, 0.25) is 0 Å². The Labute approximate surface area is 173 Å². The van der Waals surface area contributed by atoms with Crippen LogP contribution in [-0.2, 0) is 12.8 Å². The zero-order valence-corrected chi connectivity index (χ0v) is 17.9. The van der Waals surface area contributed by atoms with Crippen molar-refractivity contribution in [2.45, 2.75) is 44.2 Å². The molecule has 0 saturated carbocycles. The lowest BCUT2D eigenvalue weighted by atomic mass is 10.1. The van der Waals surface area contributed by atoms with E-state index in [0.717, 1.165) is 57.4 Å². The second-order valence-electron chi connectivity index (χ2n) is 7.22. The summed E-state index contributed by atoms with van der Waals surface area (Å²) in [4.78, 5) is 20.8. The molecule has 6 heteroatoms. The third-order valence-corrected chi connectivity index (χ3v) is 7.34. The van der Waals surface area contributed by atoms with Gasteiger partial charge in [-0.25, -0.2) is 4.98 Å². The van der Waals surface area contributed by atoms with Crippen LogP contribution in [-0.4, -0.2) is 22.4 Å². The maximum Gasteiger partial charge on any atom is 0.267 e. The number of fused-ring (bicyclic) bond motifs is 3. The monoisotopic (exact) mass is 412 g/mol. The van der Waals surface area contributed by atoms with Gasteiger partial charge in [0.1, 0.15) is 10.6 Å². The molecule has 0 atom stereocenters. The van der Waals surface area contributed by atoms with Crippen molar-refractivity contribution in [1.82, 2.24) is 9.55 Å². The van der Waals surface area contributed by atoms with Gasteiger partial charge in [0, 0.05) is 10.6 Å². The molecule has 0 unspecified atom stereocenters. The molecule has 0 N–H and O–H groups in total. The molecule has 1 aliphatic carbocycles. The summed E-state index contributed by atoms with van der Waals surface area (Å²) < 4.78 is 7.03. The number of thioether (sulfide) groups is 1. The van der Waals surface area contributed by atoms with E-state index in [1.165, 1.54) is 23.3 Å². The predicted octanol–water partition coefficient (Wildman–Crippen LogP) is 5.39. The van der Waals surface area contributed by atoms with Gasteiger partial charge in [0.25, 0.3) is 5.56 Å². The number of methoxy groups -OCH3 is 1. The minimum absolute atomic E-state index is 0.0405. The molecule has 0 aliphatic heterocycles. The highest BCUT2D eigenvalue weighted by atomic mass is 32.2. The molecule has 28 heavy (non-hydrogen) atoms. The van der Waals surface area contributed by atoms with E-state index in [2.05, 4.69) is 6.58 Å². The zero-order valence-electron chi connectivity index (χ0n) is 16.3. The first-order chi connectivity index (χ1) is 13.6. The van der Waals surface area contributed by atoms with Gasteiger partial charge in [-0.1, -0.05) is 30.3 Å². The number of hydrogen-bond donors (Lipinski definition) is 0. The number of aryl methyl sites for hydroxylation is 2. The molecule has 3 aromatic rings. The fourth-order valence-corrected chi connectivity index (χ4v) is 5.76. The SMILES string of the molecule is C=C(C)CSc1nc2sc3c(c2c(=O)n1-c1ccc(OC)cc1)CCCCC3. The number of nitrogens with zero attached hydrogens (tertiary/aromatic N) is 2. The van der Waals surface area contributed by atoms with Gasteiger partial charge in [-0.15, -0.1) is 11.3 Å². The van der Waals surface area contributed by atoms with Crippen molar-refractivity contribution in [3.63, 3.8) is 0 Å². The molecular formula is C22H24N2O2S2. The van der Waals surface area contributed by atoms with E-state index in [1.807, 2.05) is 31.2 Å². The molecule has 0 bridgehead atoms. The molecule has 146 valence electrons. The molecule has 0 fully saturated rings. The quantitative estimate of drug-likeness (QED) is 0.244. The van der Waals surface area contributed by atoms with Crippen LogP contribution in [0.5, 0.6) is 5.75 Å². The van der Waals surface area contributed by atoms with Gasteiger partial charge in [0.05, 0.1) is 18.2 Å². The Bertz CT molecular complexity index is 1080. The second kappa shape index (κ2) is 8.13. The van der Waals surface area contributed by atoms with Crippen LogP contribution < -0.4 is 10.3 Å². The van der Waals surface area contributed by atoms with E-state index in [4.69, 9.17) is 9.72 Å². The minimum Gasteiger partial charge on any atom is -0.497 e. The number of aromatic nitrogens is 2. The Kier molecular flexibility index (Phi) is 5.60. The van der Waals surface area contributed by atoms with Gasteiger partial charge in [-0.2, -0.15) is 0 Å². The number of hydrogen-bond acceptors (Lipinski definition) is 5. The van der Waals surface area contributed by atoms with E-state index >= 15 is 0 Å². The average molecular weight is 413 g/mol. The first kappa shape index (κ1) is 19.3. The molecule has 1 aromatic carbocycles. The summed E-state index contributed by atoms with van der Waals surface area (Å²) in [6.07, 6.45) is 5.62. The lowest BCUT2D eigenvalue weighted by Crippen LogP contribution is -2.22. The van der Waals surface area contributed by atoms with Crippen LogP contribution in [0.4, 0.5) is 0 Å². The van der Waals surface area contributed by atoms with Crippen molar-refractivity contribution in [3.8, 4) is 11.4 Å². The molecule has 4 nitrogen and oxygen atoms in total. The highest BCUT2D eigenvalue weighted by molar-refractivity contribution is 7.99. The molecule has 0 radical (unpaired) electrons. The smallest absolute Gasteiger partial charge is 0.267 e. The summed E-state index contributed by atoms with van der Waals surface area (Å²) in [5.74, 6) is 1.51. The Morgan fingerprint density at radius 1 is 1.25 bits per heavy atom. The van der Waals surface area contributed by atoms with Gasteiger partial charge in [0.2, 0.25) is 0 Å². The molecule has 1 aliphatic rings. The molecule has 2 aromatic heterocycles. The fraction of sp³-hybridized carbons (Fsp3) is 0.364. The van der Waals surface area contributed by atoms with Gasteiger partial charge in [-0.3, -0.25) is 9.36 Å². The van der Waals surface area contributed by atoms with E-state index < -0.39 is 0 Å². The summed E-state index contributed by atoms with van der Waals surface area (Å²) in [6.45, 7) is 5.99. The number of ether oxygens (including phenoxy) is 1. The summed E-state index contributed by atoms with van der Waals surface area (Å²) in [5, 5.41) is 1.54. The van der Waals surface area contributed by atoms with Crippen LogP contribution in [0, 0.1) is 0 Å². The predicted molar refractivity (Wildman–Crippen MR) is 119 cm³/mol. The number of thiophene rings is 1. The maximum absolute atomic E-state index is 13.7. The highest BCUT2D eigenvalue weighted by Gasteiger charge is 2.22. The molecule has 4 rings (SSSR count). The van der Waals surface area contributed by atoms with Crippen molar-refractivity contribution in [1.29, 1.82) is 0 Å². The topological polar surface area (TPSA) is 44.1 Å². The Hall–Kier alpha value is -2.05. The van der Waals surface area contributed by atoms with Gasteiger partial charge in [0.15, 0.2) is 5.16 Å². The Morgan fingerprint density at radius 3 is 2.71 bits per heavy atom. The summed E-state index contributed by atoms with van der Waals surface area (Å²) in [7, 11) is 1.64. The number of rotatable bonds is 5. The molecule has 2 heterocycles. The highest BCUT2D eigenvalue weighted by Crippen LogP contribution is 2.35. The second-order valence-corrected chi connectivity index (χ2v) is 9.25. The first-order valence-corrected chi connectivity index (χ1v) is 11.4. The van der Waals surface area contributed by atoms with Gasteiger partial charge >= 0.3 is 0 Å². The normalized spacial score (nSPS) is 13.9. The van der Waals surface area contributed by atoms with Crippen LogP contribution in [0.25, 0.3) is 15.9 Å². The third-order valence-electron chi connectivity index (χ3n) is 4.99. The largest absolute Gasteiger partial charge is 0.497 e. The van der Waals surface area contributed by atoms with E-state index in [1.54, 1.807) is 34.8 Å². The van der Waals surface area contributed by atoms with E-state index in [9.17, 15) is 4.79 Å². The lowest BCUT2D eigenvalue weighted by molar-refractivity contribution is 0.414. The molecular weight excluding hydrogens is 388 g/mol. The van der Waals surface area contributed by atoms with E-state index in [0.29, 0.717) is 0 Å². The van der Waals surface area contributed by atoms with E-state index in [-0.39, 0.29) is 5.56 Å². The Morgan fingerprint density at radius 2 is 2.00 bits per heavy atom. The fourth-order valence-electron chi connectivity index (χ4n) is 3.61. The Balaban J connectivity index is 1.94. The van der Waals surface area contributed by atoms with Crippen LogP contribution in [0.15, 0.2) is 46.4 Å². The summed E-state index contributed by atoms with van der Waals surface area (Å²) in [6, 6.07) is 7.60. The lowest BCUT2D eigenvalue weighted by Gasteiger charge is -2.13. The standard InChI is InChI=1S/C22H24N2O2S2/c1-14(2)13-27-22-23-20-19(17-7-5-4-6-8-18(17)28-20)21(25)24(22)15-9-11-16(26-3)12-10-15/h9-12H,1,4-8,13H2,2-3H3. The van der Waals surface area contributed by atoms with Crippen molar-refractivity contribution in [2.75, 3.05) is 12.9 Å². The maximum atomic E-state index is 13.7. The van der Waals surface area contributed by atoms with Gasteiger partial charge in [-0.05, 0) is 62.4 Å². The van der Waals surface area contributed by atoms with Crippen LogP contribution in [0.1, 0.15) is 36.6 Å². The van der Waals surface area contributed by atoms with Crippen LogP contribution >= 0.6 is 23.1 Å². The van der Waals surface area contributed by atoms with Crippen molar-refractivity contribution in [3.05, 3.63) is 57.2 Å². The summed E-state index contributed by atoms with van der Waals surface area (Å²) >= 11 is 3.27. The third kappa shape index (κ3) is 3.63. The molecule has 0 spiro atoms. The van der Waals surface area contributed by atoms with Crippen molar-refractivity contribution in [2.24, 2.45) is 0 Å². The molecule has 0 amide bonds. The number of benzene rings is 1. The first-order valence-electron chi connectivity index (χ1n) is 9.57. The van der Waals surface area contributed by atoms with Crippen molar-refractivity contribution >= 4 is 33.3 Å². The minimum atomic E-state index is 0.0405. The average Bonchev–Trinajstić information content (AvgIpc) is 2.88.